The molecule has 4 aromatic rings. The van der Waals surface area contributed by atoms with Crippen LogP contribution in [0.15, 0.2) is 60.7 Å². The van der Waals surface area contributed by atoms with Crippen molar-refractivity contribution >= 4 is 27.9 Å². The third-order valence-electron chi connectivity index (χ3n) is 7.51. The normalized spacial score (nSPS) is 20.6. The molecular formula is C31H34N3O4S+. The van der Waals surface area contributed by atoms with E-state index in [4.69, 9.17) is 14.2 Å². The van der Waals surface area contributed by atoms with Gasteiger partial charge in [-0.3, -0.25) is 10.1 Å². The number of carbonyl (C=O) groups excluding carboxylic acids is 1. The highest BCUT2D eigenvalue weighted by Crippen LogP contribution is 2.47. The molecule has 8 heteroatoms. The van der Waals surface area contributed by atoms with Gasteiger partial charge in [-0.1, -0.05) is 11.3 Å². The van der Waals surface area contributed by atoms with Gasteiger partial charge in [0.25, 0.3) is 10.8 Å². The number of carbonyl (C=O) groups is 1. The maximum Gasteiger partial charge on any atom is 0.293 e. The van der Waals surface area contributed by atoms with Gasteiger partial charge in [0, 0.05) is 12.0 Å². The SMILES string of the molecule is COc1ccc(-c2sc3n4c(c(NC(C)(C)C)[n+]3c2-c2ccc(OC)cc2)CO[C@]2(C)C=CC(=O)C[C@H]42)cc1. The Hall–Kier alpha value is -3.62. The summed E-state index contributed by atoms with van der Waals surface area (Å²) < 4.78 is 22.0. The first-order chi connectivity index (χ1) is 18.6. The first-order valence-electron chi connectivity index (χ1n) is 13.2. The minimum absolute atomic E-state index is 0.119. The summed E-state index contributed by atoms with van der Waals surface area (Å²) >= 11 is 1.74. The number of benzene rings is 2. The maximum absolute atomic E-state index is 12.7. The van der Waals surface area contributed by atoms with Crippen LogP contribution < -0.4 is 19.2 Å². The van der Waals surface area contributed by atoms with Crippen LogP contribution in [0.4, 0.5) is 5.82 Å². The van der Waals surface area contributed by atoms with Crippen LogP contribution in [-0.2, 0) is 16.1 Å². The predicted molar refractivity (Wildman–Crippen MR) is 154 cm³/mol. The number of ether oxygens (including phenoxy) is 3. The Kier molecular flexibility index (Phi) is 6.08. The van der Waals surface area contributed by atoms with Crippen LogP contribution in [0.3, 0.4) is 0 Å². The highest BCUT2D eigenvalue weighted by Gasteiger charge is 2.49. The topological polar surface area (TPSA) is 65.8 Å². The number of nitrogens with one attached hydrogen (secondary N) is 1. The molecule has 2 aliphatic rings. The summed E-state index contributed by atoms with van der Waals surface area (Å²) in [5, 5.41) is 3.79. The molecule has 0 unspecified atom stereocenters. The Morgan fingerprint density at radius 3 is 2.23 bits per heavy atom. The van der Waals surface area contributed by atoms with Gasteiger partial charge < -0.3 is 14.2 Å². The van der Waals surface area contributed by atoms with Crippen molar-refractivity contribution in [1.82, 2.24) is 4.57 Å². The molecule has 3 heterocycles. The quantitative estimate of drug-likeness (QED) is 0.303. The number of aromatic nitrogens is 2. The molecule has 0 fully saturated rings. The average molecular weight is 545 g/mol. The van der Waals surface area contributed by atoms with Crippen LogP contribution in [-0.4, -0.2) is 35.7 Å². The third kappa shape index (κ3) is 4.32. The molecule has 2 aromatic carbocycles. The highest BCUT2D eigenvalue weighted by molar-refractivity contribution is 7.20. The molecular weight excluding hydrogens is 510 g/mol. The lowest BCUT2D eigenvalue weighted by Crippen LogP contribution is -2.45. The molecule has 7 nitrogen and oxygen atoms in total. The van der Waals surface area contributed by atoms with E-state index in [2.05, 4.69) is 66.2 Å². The van der Waals surface area contributed by atoms with Crippen LogP contribution >= 0.6 is 11.3 Å². The van der Waals surface area contributed by atoms with Gasteiger partial charge in [-0.25, -0.2) is 4.57 Å². The molecule has 0 bridgehead atoms. The number of imidazole rings is 1. The van der Waals surface area contributed by atoms with Crippen LogP contribution in [0.25, 0.3) is 26.7 Å². The molecule has 0 saturated carbocycles. The van der Waals surface area contributed by atoms with Gasteiger partial charge >= 0.3 is 0 Å². The number of nitrogens with zero attached hydrogens (tertiary/aromatic N) is 2. The molecule has 0 radical (unpaired) electrons. The summed E-state index contributed by atoms with van der Waals surface area (Å²) in [5.74, 6) is 2.73. The summed E-state index contributed by atoms with van der Waals surface area (Å²) in [5.41, 5.74) is 3.54. The van der Waals surface area contributed by atoms with Gasteiger partial charge in [0.15, 0.2) is 11.5 Å². The zero-order valence-electron chi connectivity index (χ0n) is 23.2. The highest BCUT2D eigenvalue weighted by atomic mass is 32.1. The predicted octanol–water partition coefficient (Wildman–Crippen LogP) is 6.21. The van der Waals surface area contributed by atoms with Crippen LogP contribution in [0, 0.1) is 0 Å². The van der Waals surface area contributed by atoms with E-state index in [1.165, 1.54) is 0 Å². The van der Waals surface area contributed by atoms with Crippen LogP contribution in [0.2, 0.25) is 0 Å². The minimum atomic E-state index is -0.559. The molecule has 0 saturated heterocycles. The van der Waals surface area contributed by atoms with Crippen molar-refractivity contribution in [2.45, 2.75) is 57.9 Å². The Labute approximate surface area is 232 Å². The van der Waals surface area contributed by atoms with Crippen molar-refractivity contribution < 1.29 is 23.4 Å². The van der Waals surface area contributed by atoms with Gasteiger partial charge in [0.2, 0.25) is 0 Å². The summed E-state index contributed by atoms with van der Waals surface area (Å²) in [7, 11) is 3.36. The van der Waals surface area contributed by atoms with E-state index in [0.717, 1.165) is 49.7 Å². The number of anilines is 1. The van der Waals surface area contributed by atoms with Crippen molar-refractivity contribution in [3.05, 3.63) is 66.4 Å². The summed E-state index contributed by atoms with van der Waals surface area (Å²) in [6.07, 6.45) is 4.00. The maximum atomic E-state index is 12.7. The molecule has 1 aliphatic heterocycles. The number of hydrogen-bond donors (Lipinski definition) is 1. The second-order valence-corrected chi connectivity index (χ2v) is 12.4. The molecule has 2 atom stereocenters. The Morgan fingerprint density at radius 2 is 1.64 bits per heavy atom. The van der Waals surface area contributed by atoms with Crippen molar-refractivity contribution in [1.29, 1.82) is 0 Å². The fourth-order valence-corrected chi connectivity index (χ4v) is 6.89. The van der Waals surface area contributed by atoms with E-state index in [-0.39, 0.29) is 17.4 Å². The fraction of sp³-hybridized carbons (Fsp3) is 0.355. The van der Waals surface area contributed by atoms with Gasteiger partial charge in [-0.15, -0.1) is 0 Å². The standard InChI is InChI=1S/C31H34N3O4S/c1-30(2,3)32-28-24-18-38-31(4)16-15-21(35)17-25(31)33(24)29-34(28)26(19-7-11-22(36-5)12-8-19)27(39-29)20-9-13-23(37-6)14-10-20/h7-16,25,32H,17-18H2,1-6H3/q+1/t25-,31+/m0/s1. The lowest BCUT2D eigenvalue weighted by molar-refractivity contribution is -0.478. The van der Waals surface area contributed by atoms with Crippen molar-refractivity contribution in [2.24, 2.45) is 0 Å². The molecule has 1 aliphatic carbocycles. The molecule has 6 rings (SSSR count). The number of methoxy groups -OCH3 is 2. The van der Waals surface area contributed by atoms with Gasteiger partial charge in [0.05, 0.1) is 24.6 Å². The van der Waals surface area contributed by atoms with E-state index in [1.807, 2.05) is 30.3 Å². The Bertz CT molecular complexity index is 1590. The lowest BCUT2D eigenvalue weighted by atomic mass is 9.85. The van der Waals surface area contributed by atoms with E-state index >= 15 is 0 Å². The summed E-state index contributed by atoms with van der Waals surface area (Å²) in [4.78, 5) is 14.9. The summed E-state index contributed by atoms with van der Waals surface area (Å²) in [6, 6.07) is 16.2. The van der Waals surface area contributed by atoms with Crippen molar-refractivity contribution in [2.75, 3.05) is 19.5 Å². The van der Waals surface area contributed by atoms with Crippen molar-refractivity contribution in [3.8, 4) is 33.2 Å². The zero-order chi connectivity index (χ0) is 27.5. The average Bonchev–Trinajstić information content (AvgIpc) is 3.44. The van der Waals surface area contributed by atoms with E-state index in [0.29, 0.717) is 13.0 Å². The number of rotatable bonds is 5. The van der Waals surface area contributed by atoms with E-state index in [1.54, 1.807) is 31.6 Å². The van der Waals surface area contributed by atoms with Gasteiger partial charge in [-0.05, 0) is 93.9 Å². The number of thiazole rings is 1. The van der Waals surface area contributed by atoms with Crippen molar-refractivity contribution in [3.63, 3.8) is 0 Å². The Morgan fingerprint density at radius 1 is 1.03 bits per heavy atom. The fourth-order valence-electron chi connectivity index (χ4n) is 5.54. The van der Waals surface area contributed by atoms with E-state index < -0.39 is 5.60 Å². The van der Waals surface area contributed by atoms with Gasteiger partial charge in [0.1, 0.15) is 35.4 Å². The number of hydrogen-bond acceptors (Lipinski definition) is 6. The summed E-state index contributed by atoms with van der Waals surface area (Å²) in [6.45, 7) is 9.01. The molecule has 202 valence electrons. The van der Waals surface area contributed by atoms with Crippen LogP contribution in [0.1, 0.15) is 45.9 Å². The van der Waals surface area contributed by atoms with Crippen LogP contribution in [0.5, 0.6) is 11.5 Å². The molecule has 2 aromatic heterocycles. The number of fused-ring (bicyclic) bond motifs is 5. The first-order valence-corrected chi connectivity index (χ1v) is 14.0. The second kappa shape index (κ2) is 9.24. The molecule has 1 N–H and O–H groups in total. The molecule has 0 amide bonds. The Balaban J connectivity index is 1.69. The number of allylic oxidation sites excluding steroid dienone is 1. The monoisotopic (exact) mass is 544 g/mol. The minimum Gasteiger partial charge on any atom is -0.497 e. The second-order valence-electron chi connectivity index (χ2n) is 11.4. The lowest BCUT2D eigenvalue weighted by Gasteiger charge is -2.39. The molecule has 0 spiro atoms. The third-order valence-corrected chi connectivity index (χ3v) is 8.71. The number of ketones is 1. The first kappa shape index (κ1) is 25.6. The zero-order valence-corrected chi connectivity index (χ0v) is 24.0. The molecule has 39 heavy (non-hydrogen) atoms. The van der Waals surface area contributed by atoms with E-state index in [9.17, 15) is 4.79 Å². The smallest absolute Gasteiger partial charge is 0.293 e. The van der Waals surface area contributed by atoms with Gasteiger partial charge in [-0.2, -0.15) is 4.40 Å². The largest absolute Gasteiger partial charge is 0.497 e.